The Morgan fingerprint density at radius 2 is 1.35 bits per heavy atom. The molecule has 0 aliphatic carbocycles. The predicted octanol–water partition coefficient (Wildman–Crippen LogP) is 4.03. The quantitative estimate of drug-likeness (QED) is 0.764. The Morgan fingerprint density at radius 1 is 0.783 bits per heavy atom. The fourth-order valence-electron chi connectivity index (χ4n) is 2.45. The van der Waals surface area contributed by atoms with Crippen molar-refractivity contribution in [3.63, 3.8) is 0 Å². The minimum absolute atomic E-state index is 0.445. The Labute approximate surface area is 135 Å². The van der Waals surface area contributed by atoms with Gasteiger partial charge in [-0.05, 0) is 17.2 Å². The van der Waals surface area contributed by atoms with Gasteiger partial charge in [0.05, 0.1) is 0 Å². The monoisotopic (exact) mass is 303 g/mol. The molecule has 3 aromatic rings. The maximum Gasteiger partial charge on any atom is 0.257 e. The molecule has 0 spiro atoms. The first-order valence-corrected chi connectivity index (χ1v) is 7.44. The molecule has 2 N–H and O–H groups in total. The Balaban J connectivity index is 1.85. The standard InChI is InChI=1S/C20H17NO2/c22-19(16-11-5-2-6-12-16)20(23)21-18-14-8-7-13-17(18)15-9-3-1-4-10-15/h1-14,19,22H,(H,21,23). The van der Waals surface area contributed by atoms with E-state index in [1.165, 1.54) is 0 Å². The number of benzene rings is 3. The molecule has 3 rings (SSSR count). The first-order chi connectivity index (χ1) is 11.3. The van der Waals surface area contributed by atoms with Crippen molar-refractivity contribution in [2.75, 3.05) is 5.32 Å². The molecule has 0 radical (unpaired) electrons. The molecule has 3 aromatic carbocycles. The maximum atomic E-state index is 12.3. The lowest BCUT2D eigenvalue weighted by Gasteiger charge is -2.14. The fourth-order valence-corrected chi connectivity index (χ4v) is 2.45. The van der Waals surface area contributed by atoms with E-state index in [0.29, 0.717) is 11.3 Å². The van der Waals surface area contributed by atoms with Crippen molar-refractivity contribution in [2.24, 2.45) is 0 Å². The molecule has 0 fully saturated rings. The summed E-state index contributed by atoms with van der Waals surface area (Å²) in [6.07, 6.45) is -1.19. The van der Waals surface area contributed by atoms with Crippen LogP contribution >= 0.6 is 0 Å². The first kappa shape index (κ1) is 15.0. The lowest BCUT2D eigenvalue weighted by atomic mass is 10.0. The van der Waals surface area contributed by atoms with Gasteiger partial charge in [-0.2, -0.15) is 0 Å². The smallest absolute Gasteiger partial charge is 0.257 e. The number of rotatable bonds is 4. The van der Waals surface area contributed by atoms with Crippen LogP contribution in [0.25, 0.3) is 11.1 Å². The van der Waals surface area contributed by atoms with Gasteiger partial charge in [0.2, 0.25) is 0 Å². The van der Waals surface area contributed by atoms with Crippen molar-refractivity contribution in [2.45, 2.75) is 6.10 Å². The van der Waals surface area contributed by atoms with Crippen LogP contribution in [0.5, 0.6) is 0 Å². The number of carbonyl (C=O) groups is 1. The van der Waals surface area contributed by atoms with E-state index in [1.807, 2.05) is 60.7 Å². The van der Waals surface area contributed by atoms with E-state index in [4.69, 9.17) is 0 Å². The lowest BCUT2D eigenvalue weighted by molar-refractivity contribution is -0.124. The van der Waals surface area contributed by atoms with Crippen molar-refractivity contribution >= 4 is 11.6 Å². The number of anilines is 1. The average molecular weight is 303 g/mol. The third kappa shape index (κ3) is 3.47. The summed E-state index contributed by atoms with van der Waals surface area (Å²) in [7, 11) is 0. The second-order valence-electron chi connectivity index (χ2n) is 5.21. The summed E-state index contributed by atoms with van der Waals surface area (Å²) in [5, 5.41) is 13.0. The maximum absolute atomic E-state index is 12.3. The van der Waals surface area contributed by atoms with Gasteiger partial charge in [-0.3, -0.25) is 4.79 Å². The molecule has 1 amide bonds. The van der Waals surface area contributed by atoms with Gasteiger partial charge in [-0.15, -0.1) is 0 Å². The molecule has 0 saturated carbocycles. The Hall–Kier alpha value is -2.91. The molecule has 114 valence electrons. The first-order valence-electron chi connectivity index (χ1n) is 7.44. The summed E-state index contributed by atoms with van der Waals surface area (Å²) in [6.45, 7) is 0. The fraction of sp³-hybridized carbons (Fsp3) is 0.0500. The second-order valence-corrected chi connectivity index (χ2v) is 5.21. The van der Waals surface area contributed by atoms with Crippen molar-refractivity contribution < 1.29 is 9.90 Å². The van der Waals surface area contributed by atoms with Crippen LogP contribution in [0.15, 0.2) is 84.9 Å². The van der Waals surface area contributed by atoms with E-state index in [9.17, 15) is 9.90 Å². The summed E-state index contributed by atoms with van der Waals surface area (Å²) in [5.41, 5.74) is 3.18. The highest BCUT2D eigenvalue weighted by Gasteiger charge is 2.18. The lowest BCUT2D eigenvalue weighted by Crippen LogP contribution is -2.21. The van der Waals surface area contributed by atoms with Gasteiger partial charge in [0.15, 0.2) is 6.10 Å². The Morgan fingerprint density at radius 3 is 2.04 bits per heavy atom. The number of hydrogen-bond acceptors (Lipinski definition) is 2. The van der Waals surface area contributed by atoms with Crippen LogP contribution in [0.1, 0.15) is 11.7 Å². The molecule has 0 aliphatic heterocycles. The van der Waals surface area contributed by atoms with Crippen molar-refractivity contribution in [3.8, 4) is 11.1 Å². The third-order valence-electron chi connectivity index (χ3n) is 3.63. The SMILES string of the molecule is O=C(Nc1ccccc1-c1ccccc1)C(O)c1ccccc1. The highest BCUT2D eigenvalue weighted by Crippen LogP contribution is 2.28. The molecular weight excluding hydrogens is 286 g/mol. The molecule has 0 bridgehead atoms. The predicted molar refractivity (Wildman–Crippen MR) is 91.9 cm³/mol. The molecule has 1 atom stereocenters. The zero-order chi connectivity index (χ0) is 16.1. The molecule has 0 heterocycles. The molecule has 23 heavy (non-hydrogen) atoms. The van der Waals surface area contributed by atoms with Crippen molar-refractivity contribution in [1.29, 1.82) is 0 Å². The third-order valence-corrected chi connectivity index (χ3v) is 3.63. The molecular formula is C20H17NO2. The van der Waals surface area contributed by atoms with Gasteiger partial charge in [0.25, 0.3) is 5.91 Å². The number of aliphatic hydroxyl groups is 1. The van der Waals surface area contributed by atoms with E-state index >= 15 is 0 Å². The normalized spacial score (nSPS) is 11.7. The molecule has 3 nitrogen and oxygen atoms in total. The van der Waals surface area contributed by atoms with Crippen LogP contribution in [-0.2, 0) is 4.79 Å². The molecule has 0 aliphatic rings. The van der Waals surface area contributed by atoms with Crippen LogP contribution < -0.4 is 5.32 Å². The number of aliphatic hydroxyl groups excluding tert-OH is 1. The van der Waals surface area contributed by atoms with Crippen molar-refractivity contribution in [1.82, 2.24) is 0 Å². The number of amides is 1. The Kier molecular flexibility index (Phi) is 4.50. The molecule has 0 aromatic heterocycles. The summed E-state index contributed by atoms with van der Waals surface area (Å²) < 4.78 is 0. The van der Waals surface area contributed by atoms with Gasteiger partial charge in [-0.25, -0.2) is 0 Å². The minimum Gasteiger partial charge on any atom is -0.378 e. The number of para-hydroxylation sites is 1. The molecule has 1 unspecified atom stereocenters. The van der Waals surface area contributed by atoms with E-state index in [0.717, 1.165) is 11.1 Å². The number of nitrogens with one attached hydrogen (secondary N) is 1. The van der Waals surface area contributed by atoms with Crippen LogP contribution in [0, 0.1) is 0 Å². The topological polar surface area (TPSA) is 49.3 Å². The van der Waals surface area contributed by atoms with Gasteiger partial charge < -0.3 is 10.4 Å². The summed E-state index contributed by atoms with van der Waals surface area (Å²) in [5.74, 6) is -0.445. The largest absolute Gasteiger partial charge is 0.378 e. The zero-order valence-electron chi connectivity index (χ0n) is 12.5. The van der Waals surface area contributed by atoms with Crippen molar-refractivity contribution in [3.05, 3.63) is 90.5 Å². The van der Waals surface area contributed by atoms with Gasteiger partial charge in [0, 0.05) is 11.3 Å². The average Bonchev–Trinajstić information content (AvgIpc) is 2.63. The molecule has 3 heteroatoms. The molecule has 0 saturated heterocycles. The Bertz CT molecular complexity index is 785. The van der Waals surface area contributed by atoms with Crippen LogP contribution in [-0.4, -0.2) is 11.0 Å². The summed E-state index contributed by atoms with van der Waals surface area (Å²) in [4.78, 5) is 12.3. The number of carbonyl (C=O) groups excluding carboxylic acids is 1. The van der Waals surface area contributed by atoms with E-state index < -0.39 is 12.0 Å². The van der Waals surface area contributed by atoms with E-state index in [-0.39, 0.29) is 0 Å². The van der Waals surface area contributed by atoms with Gasteiger partial charge in [-0.1, -0.05) is 78.9 Å². The van der Waals surface area contributed by atoms with Gasteiger partial charge in [0.1, 0.15) is 0 Å². The van der Waals surface area contributed by atoms with Gasteiger partial charge >= 0.3 is 0 Å². The second kappa shape index (κ2) is 6.90. The highest BCUT2D eigenvalue weighted by molar-refractivity contribution is 5.98. The van der Waals surface area contributed by atoms with Crippen LogP contribution in [0.4, 0.5) is 5.69 Å². The zero-order valence-corrected chi connectivity index (χ0v) is 12.5. The minimum atomic E-state index is -1.19. The van der Waals surface area contributed by atoms with E-state index in [1.54, 1.807) is 24.3 Å². The summed E-state index contributed by atoms with van der Waals surface area (Å²) >= 11 is 0. The van der Waals surface area contributed by atoms with E-state index in [2.05, 4.69) is 5.32 Å². The van der Waals surface area contributed by atoms with Crippen LogP contribution in [0.2, 0.25) is 0 Å². The van der Waals surface area contributed by atoms with Crippen LogP contribution in [0.3, 0.4) is 0 Å². The number of hydrogen-bond donors (Lipinski definition) is 2. The highest BCUT2D eigenvalue weighted by atomic mass is 16.3. The summed E-state index contributed by atoms with van der Waals surface area (Å²) in [6, 6.07) is 26.3.